The summed E-state index contributed by atoms with van der Waals surface area (Å²) in [6.45, 7) is 8.63. The molecule has 0 unspecified atom stereocenters. The van der Waals surface area contributed by atoms with Crippen LogP contribution in [0.3, 0.4) is 0 Å². The molecule has 68 valence electrons. The van der Waals surface area contributed by atoms with E-state index in [4.69, 9.17) is 0 Å². The van der Waals surface area contributed by atoms with Gasteiger partial charge in [-0.2, -0.15) is 0 Å². The van der Waals surface area contributed by atoms with Crippen molar-refractivity contribution in [2.75, 3.05) is 0 Å². The van der Waals surface area contributed by atoms with Crippen LogP contribution in [0.15, 0.2) is 12.1 Å². The highest BCUT2D eigenvalue weighted by atomic mass is 128. The molecule has 0 aromatic heterocycles. The van der Waals surface area contributed by atoms with E-state index in [1.165, 1.54) is 22.3 Å². The zero-order valence-corrected chi connectivity index (χ0v) is 12.2. The largest absolute Gasteiger partial charge is 0.0561 e. The van der Waals surface area contributed by atoms with E-state index in [1.807, 2.05) is 0 Å². The Kier molecular flexibility index (Phi) is 6.53. The third kappa shape index (κ3) is 3.60. The lowest BCUT2D eigenvalue weighted by Gasteiger charge is -2.04. The van der Waals surface area contributed by atoms with Gasteiger partial charge in [0.05, 0.1) is 0 Å². The van der Waals surface area contributed by atoms with E-state index in [1.54, 1.807) is 0 Å². The van der Waals surface area contributed by atoms with E-state index < -0.39 is 0 Å². The van der Waals surface area contributed by atoms with Crippen LogP contribution in [0.25, 0.3) is 0 Å². The van der Waals surface area contributed by atoms with Gasteiger partial charge in [-0.15, -0.1) is 0 Å². The monoisotopic (exact) mass is 388 g/mol. The SMILES string of the molecule is Cc1cc(C)c(C)c(C)c1.II. The second kappa shape index (κ2) is 6.18. The van der Waals surface area contributed by atoms with Crippen molar-refractivity contribution in [3.05, 3.63) is 34.4 Å². The molecule has 0 saturated heterocycles. The summed E-state index contributed by atoms with van der Waals surface area (Å²) in [7, 11) is 0. The molecule has 0 aliphatic heterocycles. The minimum absolute atomic E-state index is 1.36. The summed E-state index contributed by atoms with van der Waals surface area (Å²) in [5.74, 6) is 0. The molecule has 1 aromatic carbocycles. The second-order valence-corrected chi connectivity index (χ2v) is 3.02. The van der Waals surface area contributed by atoms with Crippen molar-refractivity contribution in [3.8, 4) is 0 Å². The first-order valence-electron chi connectivity index (χ1n) is 3.80. The Labute approximate surface area is 98.5 Å². The molecule has 0 N–H and O–H groups in total. The molecule has 1 rings (SSSR count). The summed E-state index contributed by atoms with van der Waals surface area (Å²) in [4.78, 5) is 0. The Hall–Kier alpha value is 0.680. The van der Waals surface area contributed by atoms with Crippen LogP contribution in [0.2, 0.25) is 0 Å². The first kappa shape index (κ1) is 12.7. The van der Waals surface area contributed by atoms with E-state index >= 15 is 0 Å². The van der Waals surface area contributed by atoms with E-state index in [-0.39, 0.29) is 0 Å². The fraction of sp³-hybridized carbons (Fsp3) is 0.400. The maximum Gasteiger partial charge on any atom is 0 e. The Bertz CT molecular complexity index is 231. The highest BCUT2D eigenvalue weighted by Gasteiger charge is 1.95. The molecule has 0 heterocycles. The molecule has 0 amide bonds. The van der Waals surface area contributed by atoms with Crippen molar-refractivity contribution in [2.45, 2.75) is 27.7 Å². The molecule has 0 aliphatic carbocycles. The van der Waals surface area contributed by atoms with E-state index in [0.29, 0.717) is 0 Å². The molecule has 0 saturated carbocycles. The number of rotatable bonds is 0. The Balaban J connectivity index is 0.000000561. The van der Waals surface area contributed by atoms with Gasteiger partial charge in [-0.3, -0.25) is 0 Å². The van der Waals surface area contributed by atoms with Crippen molar-refractivity contribution >= 4 is 37.2 Å². The molecular formula is C10H14I2. The quantitative estimate of drug-likeness (QED) is 0.566. The van der Waals surface area contributed by atoms with Crippen LogP contribution in [0, 0.1) is 27.7 Å². The minimum Gasteiger partial charge on any atom is -0.0561 e. The molecule has 0 nitrogen and oxygen atoms in total. The zero-order valence-electron chi connectivity index (χ0n) is 7.91. The second-order valence-electron chi connectivity index (χ2n) is 3.02. The summed E-state index contributed by atoms with van der Waals surface area (Å²) in [6.07, 6.45) is 0. The lowest BCUT2D eigenvalue weighted by Crippen LogP contribution is -1.86. The van der Waals surface area contributed by atoms with Gasteiger partial charge < -0.3 is 0 Å². The van der Waals surface area contributed by atoms with Crippen molar-refractivity contribution < 1.29 is 0 Å². The van der Waals surface area contributed by atoms with Crippen molar-refractivity contribution in [1.29, 1.82) is 0 Å². The Morgan fingerprint density at radius 1 is 0.833 bits per heavy atom. The predicted molar refractivity (Wildman–Crippen MR) is 73.4 cm³/mol. The number of hydrogen-bond donors (Lipinski definition) is 0. The maximum atomic E-state index is 2.22. The van der Waals surface area contributed by atoms with Crippen molar-refractivity contribution in [1.82, 2.24) is 0 Å². The summed E-state index contributed by atoms with van der Waals surface area (Å²) in [6, 6.07) is 4.45. The smallest absolute Gasteiger partial charge is 0 e. The number of benzene rings is 1. The molecule has 0 fully saturated rings. The van der Waals surface area contributed by atoms with Crippen LogP contribution in [0.1, 0.15) is 22.3 Å². The standard InChI is InChI=1S/C10H14.I2/c1-7-5-8(2)10(4)9(3)6-7;1-2/h5-6H,1-4H3;. The van der Waals surface area contributed by atoms with Gasteiger partial charge in [0.25, 0.3) is 0 Å². The van der Waals surface area contributed by atoms with Crippen molar-refractivity contribution in [3.63, 3.8) is 0 Å². The van der Waals surface area contributed by atoms with Gasteiger partial charge in [-0.05, 0) is 44.4 Å². The van der Waals surface area contributed by atoms with E-state index in [9.17, 15) is 0 Å². The van der Waals surface area contributed by atoms with Crippen LogP contribution in [0.4, 0.5) is 0 Å². The summed E-state index contributed by atoms with van der Waals surface area (Å²) >= 11 is 4.24. The molecule has 1 aromatic rings. The van der Waals surface area contributed by atoms with Gasteiger partial charge in [0.2, 0.25) is 0 Å². The highest BCUT2D eigenvalue weighted by molar-refractivity contribution is 15.0. The average molecular weight is 388 g/mol. The van der Waals surface area contributed by atoms with Crippen LogP contribution < -0.4 is 0 Å². The lowest BCUT2D eigenvalue weighted by atomic mass is 10.0. The molecule has 2 heteroatoms. The van der Waals surface area contributed by atoms with Gasteiger partial charge in [-0.25, -0.2) is 0 Å². The fourth-order valence-electron chi connectivity index (χ4n) is 1.25. The van der Waals surface area contributed by atoms with E-state index in [2.05, 4.69) is 77.1 Å². The maximum absolute atomic E-state index is 2.22. The van der Waals surface area contributed by atoms with Crippen LogP contribution in [-0.4, -0.2) is 0 Å². The molecule has 0 atom stereocenters. The summed E-state index contributed by atoms with van der Waals surface area (Å²) < 4.78 is 0. The number of hydrogen-bond acceptors (Lipinski definition) is 0. The van der Waals surface area contributed by atoms with Gasteiger partial charge in [0.15, 0.2) is 0 Å². The summed E-state index contributed by atoms with van der Waals surface area (Å²) in [5, 5.41) is 0. The Morgan fingerprint density at radius 2 is 1.17 bits per heavy atom. The average Bonchev–Trinajstić information content (AvgIpc) is 2.04. The highest BCUT2D eigenvalue weighted by Crippen LogP contribution is 2.13. The van der Waals surface area contributed by atoms with Crippen LogP contribution >= 0.6 is 37.2 Å². The predicted octanol–water partition coefficient (Wildman–Crippen LogP) is 4.69. The van der Waals surface area contributed by atoms with Crippen molar-refractivity contribution in [2.24, 2.45) is 0 Å². The molecular weight excluding hydrogens is 374 g/mol. The van der Waals surface area contributed by atoms with Gasteiger partial charge in [-0.1, -0.05) is 17.7 Å². The number of aryl methyl sites for hydroxylation is 3. The first-order valence-corrected chi connectivity index (χ1v) is 10.1. The molecule has 0 bridgehead atoms. The zero-order chi connectivity index (χ0) is 9.72. The number of halogens is 2. The topological polar surface area (TPSA) is 0 Å². The molecule has 0 radical (unpaired) electrons. The first-order chi connectivity index (χ1) is 5.61. The molecule has 0 aliphatic rings. The van der Waals surface area contributed by atoms with Gasteiger partial charge in [0.1, 0.15) is 0 Å². The summed E-state index contributed by atoms with van der Waals surface area (Å²) in [5.41, 5.74) is 5.58. The lowest BCUT2D eigenvalue weighted by molar-refractivity contribution is 1.23. The van der Waals surface area contributed by atoms with Crippen LogP contribution in [-0.2, 0) is 0 Å². The fourth-order valence-corrected chi connectivity index (χ4v) is 1.25. The van der Waals surface area contributed by atoms with Gasteiger partial charge >= 0.3 is 0 Å². The van der Waals surface area contributed by atoms with Gasteiger partial charge in [0, 0.05) is 37.2 Å². The van der Waals surface area contributed by atoms with E-state index in [0.717, 1.165) is 0 Å². The Morgan fingerprint density at radius 3 is 1.50 bits per heavy atom. The normalized spacial score (nSPS) is 8.83. The molecule has 0 spiro atoms. The minimum atomic E-state index is 1.36. The van der Waals surface area contributed by atoms with Crippen LogP contribution in [0.5, 0.6) is 0 Å². The third-order valence-corrected chi connectivity index (χ3v) is 2.07. The third-order valence-electron chi connectivity index (χ3n) is 2.07. The molecule has 12 heavy (non-hydrogen) atoms.